The van der Waals surface area contributed by atoms with E-state index in [0.717, 1.165) is 67.8 Å². The zero-order chi connectivity index (χ0) is 34.5. The Morgan fingerprint density at radius 1 is 0.840 bits per heavy atom. The van der Waals surface area contributed by atoms with Crippen molar-refractivity contribution in [2.45, 2.75) is 19.4 Å². The number of hydrogen-bond donors (Lipinski definition) is 2. The molecule has 50 heavy (non-hydrogen) atoms. The molecule has 0 unspecified atom stereocenters. The van der Waals surface area contributed by atoms with Crippen LogP contribution in [-0.4, -0.2) is 29.6 Å². The van der Waals surface area contributed by atoms with E-state index in [2.05, 4.69) is 114 Å². The normalized spacial score (nSPS) is 12.9. The molecule has 5 nitrogen and oxygen atoms in total. The summed E-state index contributed by atoms with van der Waals surface area (Å²) in [4.78, 5) is 8.30. The van der Waals surface area contributed by atoms with Crippen molar-refractivity contribution >= 4 is 51.7 Å². The molecule has 0 radical (unpaired) electrons. The first-order valence-corrected chi connectivity index (χ1v) is 16.6. The minimum atomic E-state index is -0.191. The number of fused-ring (bicyclic) bond motifs is 3. The molecule has 0 saturated heterocycles. The molecule has 0 spiro atoms. The Kier molecular flexibility index (Phi) is 9.41. The summed E-state index contributed by atoms with van der Waals surface area (Å²) in [6.45, 7) is 7.62. The second-order valence-corrected chi connectivity index (χ2v) is 12.4. The topological polar surface area (TPSA) is 78.6 Å². The van der Waals surface area contributed by atoms with E-state index in [4.69, 9.17) is 10.1 Å². The lowest BCUT2D eigenvalue weighted by atomic mass is 9.84. The van der Waals surface area contributed by atoms with Gasteiger partial charge in [0.15, 0.2) is 0 Å². The lowest BCUT2D eigenvalue weighted by molar-refractivity contribution is 0.235. The van der Waals surface area contributed by atoms with Gasteiger partial charge in [-0.15, -0.1) is 0 Å². The van der Waals surface area contributed by atoms with E-state index in [0.29, 0.717) is 17.8 Å². The van der Waals surface area contributed by atoms with Gasteiger partial charge in [-0.25, -0.2) is 0 Å². The summed E-state index contributed by atoms with van der Waals surface area (Å²) in [5.74, 6) is 0. The van der Waals surface area contributed by atoms with Gasteiger partial charge >= 0.3 is 0 Å². The Hall–Kier alpha value is -6.17. The molecule has 7 rings (SSSR count). The molecule has 1 aliphatic carbocycles. The quantitative estimate of drug-likeness (QED) is 0.0636. The molecule has 0 aliphatic heterocycles. The van der Waals surface area contributed by atoms with Crippen LogP contribution in [0.1, 0.15) is 29.5 Å². The summed E-state index contributed by atoms with van der Waals surface area (Å²) < 4.78 is 5.65. The van der Waals surface area contributed by atoms with E-state index < -0.39 is 0 Å². The van der Waals surface area contributed by atoms with Crippen LogP contribution >= 0.6 is 0 Å². The van der Waals surface area contributed by atoms with Gasteiger partial charge in [0, 0.05) is 35.3 Å². The molecule has 0 saturated carbocycles. The van der Waals surface area contributed by atoms with Gasteiger partial charge in [-0.3, -0.25) is 9.98 Å². The summed E-state index contributed by atoms with van der Waals surface area (Å²) in [5.41, 5.74) is 9.87. The van der Waals surface area contributed by atoms with Crippen molar-refractivity contribution in [2.24, 2.45) is 4.99 Å². The molecule has 0 fully saturated rings. The summed E-state index contributed by atoms with van der Waals surface area (Å²) >= 11 is 0. The highest BCUT2D eigenvalue weighted by molar-refractivity contribution is 6.25. The van der Waals surface area contributed by atoms with Gasteiger partial charge in [-0.05, 0) is 109 Å². The Balaban J connectivity index is 1.43. The van der Waals surface area contributed by atoms with Gasteiger partial charge in [0.2, 0.25) is 0 Å². The van der Waals surface area contributed by atoms with E-state index in [1.165, 1.54) is 40.3 Å². The standard InChI is InChI=1S/C45H37N3O2/c1-30(28-49)22-36(25-46)44-40-11-5-6-12-41(40)45(37-23-31(26-48-27-37)29-50-21-20-47-2)42-19-18-35(24-43(42)44)32-14-16-34(17-15-32)39-13-7-9-33-8-3-4-10-38(33)39/h3-6,8-12,14-27,46,49H,1-2,7,13,28-29H2/b21-20-,36-22+,46-25?. The van der Waals surface area contributed by atoms with Crippen LogP contribution in [0.4, 0.5) is 0 Å². The molecule has 1 aliphatic rings. The monoisotopic (exact) mass is 651 g/mol. The second kappa shape index (κ2) is 14.5. The summed E-state index contributed by atoms with van der Waals surface area (Å²) in [6.07, 6.45) is 14.3. The number of aromatic nitrogens is 1. The maximum absolute atomic E-state index is 9.87. The molecule has 1 aromatic heterocycles. The van der Waals surface area contributed by atoms with E-state index in [1.54, 1.807) is 12.3 Å². The number of aliphatic imine (C=N–C) groups is 1. The van der Waals surface area contributed by atoms with Crippen LogP contribution in [-0.2, 0) is 11.3 Å². The summed E-state index contributed by atoms with van der Waals surface area (Å²) in [7, 11) is 0. The van der Waals surface area contributed by atoms with Crippen LogP contribution in [0.15, 0.2) is 145 Å². The third-order valence-corrected chi connectivity index (χ3v) is 9.24. The maximum Gasteiger partial charge on any atom is 0.114 e. The van der Waals surface area contributed by atoms with Gasteiger partial charge in [-0.2, -0.15) is 0 Å². The first kappa shape index (κ1) is 32.4. The molecule has 0 amide bonds. The number of aliphatic hydroxyl groups excluding tert-OH is 1. The van der Waals surface area contributed by atoms with Crippen LogP contribution in [0.2, 0.25) is 0 Å². The van der Waals surface area contributed by atoms with Crippen molar-refractivity contribution in [3.63, 3.8) is 0 Å². The van der Waals surface area contributed by atoms with Gasteiger partial charge in [0.05, 0.1) is 12.8 Å². The number of pyridine rings is 1. The number of ether oxygens (including phenoxy) is 1. The van der Waals surface area contributed by atoms with Crippen molar-refractivity contribution < 1.29 is 9.84 Å². The first-order valence-electron chi connectivity index (χ1n) is 16.6. The summed E-state index contributed by atoms with van der Waals surface area (Å²) in [5, 5.41) is 25.0. The highest BCUT2D eigenvalue weighted by Gasteiger charge is 2.19. The third-order valence-electron chi connectivity index (χ3n) is 9.24. The molecule has 5 heteroatoms. The number of hydrogen-bond acceptors (Lipinski definition) is 5. The third kappa shape index (κ3) is 6.35. The van der Waals surface area contributed by atoms with Crippen LogP contribution < -0.4 is 10.4 Å². The van der Waals surface area contributed by atoms with Crippen molar-refractivity contribution in [2.75, 3.05) is 6.61 Å². The molecule has 0 atom stereocenters. The number of aliphatic hydroxyl groups is 1. The number of allylic oxidation sites excluding steroid dienone is 1. The van der Waals surface area contributed by atoms with E-state index >= 15 is 0 Å². The number of rotatable bonds is 11. The number of benzene rings is 5. The fourth-order valence-corrected chi connectivity index (χ4v) is 6.99. The van der Waals surface area contributed by atoms with Crippen LogP contribution in [0.5, 0.6) is 0 Å². The Labute approximate surface area is 291 Å². The van der Waals surface area contributed by atoms with E-state index in [1.807, 2.05) is 18.3 Å². The Morgan fingerprint density at radius 2 is 1.58 bits per heavy atom. The molecule has 0 bridgehead atoms. The van der Waals surface area contributed by atoms with E-state index in [9.17, 15) is 5.11 Å². The number of nitrogens with zero attached hydrogens (tertiary/aromatic N) is 2. The lowest BCUT2D eigenvalue weighted by Crippen LogP contribution is -2.29. The largest absolute Gasteiger partial charge is 0.495 e. The molecule has 6 aromatic rings. The second-order valence-electron chi connectivity index (χ2n) is 12.4. The minimum absolute atomic E-state index is 0.191. The van der Waals surface area contributed by atoms with Crippen molar-refractivity contribution in [1.82, 2.24) is 4.98 Å². The zero-order valence-electron chi connectivity index (χ0n) is 27.8. The van der Waals surface area contributed by atoms with Crippen LogP contribution in [0.25, 0.3) is 61.0 Å². The zero-order valence-corrected chi connectivity index (χ0v) is 27.8. The van der Waals surface area contributed by atoms with Crippen molar-refractivity contribution in [1.29, 1.82) is 5.41 Å². The molecule has 2 N–H and O–H groups in total. The fourth-order valence-electron chi connectivity index (χ4n) is 6.99. The molecule has 1 heterocycles. The highest BCUT2D eigenvalue weighted by atomic mass is 16.5. The van der Waals surface area contributed by atoms with Gasteiger partial charge in [0.1, 0.15) is 12.9 Å². The minimum Gasteiger partial charge on any atom is -0.495 e. The average molecular weight is 652 g/mol. The molecule has 5 aromatic carbocycles. The average Bonchev–Trinajstić information content (AvgIpc) is 3.17. The van der Waals surface area contributed by atoms with E-state index in [-0.39, 0.29) is 6.61 Å². The smallest absolute Gasteiger partial charge is 0.114 e. The Morgan fingerprint density at radius 3 is 2.38 bits per heavy atom. The first-order chi connectivity index (χ1) is 24.6. The van der Waals surface area contributed by atoms with Crippen molar-refractivity contribution in [3.05, 3.63) is 167 Å². The highest BCUT2D eigenvalue weighted by Crippen LogP contribution is 2.43. The predicted molar refractivity (Wildman–Crippen MR) is 208 cm³/mol. The lowest BCUT2D eigenvalue weighted by Gasteiger charge is -2.19. The van der Waals surface area contributed by atoms with Crippen LogP contribution in [0.3, 0.4) is 0 Å². The predicted octanol–water partition coefficient (Wildman–Crippen LogP) is 8.77. The Bertz CT molecular complexity index is 2470. The molecular formula is C45H37N3O2. The molecule has 244 valence electrons. The number of nitrogens with one attached hydrogen (secondary N) is 1. The maximum atomic E-state index is 9.87. The van der Waals surface area contributed by atoms with Gasteiger partial charge in [-0.1, -0.05) is 97.6 Å². The molecular weight excluding hydrogens is 615 g/mol. The van der Waals surface area contributed by atoms with Crippen LogP contribution in [0, 0.1) is 5.41 Å². The summed E-state index contributed by atoms with van der Waals surface area (Å²) in [6, 6.07) is 34.5. The SMILES string of the molecule is C=N/C=C\OCc1cncc(-c2c3ccccc3c(/C(C=N)=C/C(=C)CO)c3cc(-c4ccc(C5=c6ccccc6=CCC5)cc4)ccc23)c1. The fraction of sp³-hybridized carbons (Fsp3) is 0.0889. The van der Waals surface area contributed by atoms with Gasteiger partial charge in [0.25, 0.3) is 0 Å². The van der Waals surface area contributed by atoms with Gasteiger partial charge < -0.3 is 15.3 Å². The van der Waals surface area contributed by atoms with Crippen molar-refractivity contribution in [3.8, 4) is 22.3 Å².